The lowest BCUT2D eigenvalue weighted by Gasteiger charge is -1.99. The van der Waals surface area contributed by atoms with Gasteiger partial charge < -0.3 is 0 Å². The molecular weight excluding hydrogens is 348 g/mol. The molecule has 4 rings (SSSR count). The molecule has 0 bridgehead atoms. The van der Waals surface area contributed by atoms with Crippen LogP contribution in [0.4, 0.5) is 5.13 Å². The van der Waals surface area contributed by atoms with Gasteiger partial charge >= 0.3 is 0 Å². The Morgan fingerprint density at radius 1 is 1.15 bits per heavy atom. The normalized spacial score (nSPS) is 10.6. The lowest BCUT2D eigenvalue weighted by Crippen LogP contribution is -2.12. The van der Waals surface area contributed by atoms with E-state index >= 15 is 0 Å². The molecule has 26 heavy (non-hydrogen) atoms. The molecule has 1 aromatic carbocycles. The number of thiazole rings is 1. The van der Waals surface area contributed by atoms with Gasteiger partial charge in [0, 0.05) is 23.3 Å². The second kappa shape index (κ2) is 7.24. The maximum atomic E-state index is 12.4. The maximum absolute atomic E-state index is 12.4. The van der Waals surface area contributed by atoms with Gasteiger partial charge in [0.1, 0.15) is 0 Å². The highest BCUT2D eigenvalue weighted by Gasteiger charge is 2.13. The van der Waals surface area contributed by atoms with Gasteiger partial charge in [-0.25, -0.2) is 9.67 Å². The van der Waals surface area contributed by atoms with Crippen molar-refractivity contribution >= 4 is 22.4 Å². The van der Waals surface area contributed by atoms with Crippen LogP contribution in [0.5, 0.6) is 0 Å². The third kappa shape index (κ3) is 3.65. The molecule has 1 N–H and O–H groups in total. The number of rotatable bonds is 5. The monoisotopic (exact) mass is 362 g/mol. The largest absolute Gasteiger partial charge is 0.296 e. The SMILES string of the molecule is O=C(Nc1nc(-c2cccnc2)cs1)c1cn(Cc2ccccc2)nn1. The zero-order valence-corrected chi connectivity index (χ0v) is 14.4. The van der Waals surface area contributed by atoms with Crippen LogP contribution in [0.25, 0.3) is 11.3 Å². The molecule has 128 valence electrons. The average Bonchev–Trinajstić information content (AvgIpc) is 3.33. The molecule has 0 saturated heterocycles. The van der Waals surface area contributed by atoms with E-state index in [4.69, 9.17) is 0 Å². The summed E-state index contributed by atoms with van der Waals surface area (Å²) in [5.41, 5.74) is 3.01. The average molecular weight is 362 g/mol. The molecular formula is C18H14N6OS. The molecule has 8 heteroatoms. The third-order valence-corrected chi connectivity index (χ3v) is 4.40. The number of nitrogens with one attached hydrogen (secondary N) is 1. The summed E-state index contributed by atoms with van der Waals surface area (Å²) in [5, 5.41) is 13.1. The van der Waals surface area contributed by atoms with Crippen LogP contribution >= 0.6 is 11.3 Å². The van der Waals surface area contributed by atoms with Crippen LogP contribution in [0, 0.1) is 0 Å². The van der Waals surface area contributed by atoms with Gasteiger partial charge in [-0.05, 0) is 17.7 Å². The zero-order valence-electron chi connectivity index (χ0n) is 13.6. The third-order valence-electron chi connectivity index (χ3n) is 3.64. The molecule has 7 nitrogen and oxygen atoms in total. The van der Waals surface area contributed by atoms with E-state index in [2.05, 4.69) is 25.6 Å². The Bertz CT molecular complexity index is 1010. The summed E-state index contributed by atoms with van der Waals surface area (Å²) in [6.07, 6.45) is 5.06. The van der Waals surface area contributed by atoms with Crippen LogP contribution in [0.2, 0.25) is 0 Å². The Hall–Kier alpha value is -3.39. The molecule has 0 spiro atoms. The number of hydrogen-bond acceptors (Lipinski definition) is 6. The first-order valence-electron chi connectivity index (χ1n) is 7.89. The number of aromatic nitrogens is 5. The molecule has 1 amide bonds. The lowest BCUT2D eigenvalue weighted by atomic mass is 10.2. The van der Waals surface area contributed by atoms with E-state index in [0.29, 0.717) is 11.7 Å². The topological polar surface area (TPSA) is 85.6 Å². The maximum Gasteiger partial charge on any atom is 0.279 e. The first-order chi connectivity index (χ1) is 12.8. The minimum Gasteiger partial charge on any atom is -0.296 e. The number of hydrogen-bond donors (Lipinski definition) is 1. The van der Waals surface area contributed by atoms with Crippen molar-refractivity contribution in [3.63, 3.8) is 0 Å². The Kier molecular flexibility index (Phi) is 4.48. The fraction of sp³-hybridized carbons (Fsp3) is 0.0556. The lowest BCUT2D eigenvalue weighted by molar-refractivity contribution is 0.102. The molecule has 4 aromatic rings. The van der Waals surface area contributed by atoms with E-state index in [1.807, 2.05) is 47.8 Å². The number of pyridine rings is 1. The van der Waals surface area contributed by atoms with E-state index < -0.39 is 0 Å². The summed E-state index contributed by atoms with van der Waals surface area (Å²) in [4.78, 5) is 20.8. The number of carbonyl (C=O) groups excluding carboxylic acids is 1. The van der Waals surface area contributed by atoms with Gasteiger partial charge in [-0.3, -0.25) is 15.1 Å². The Morgan fingerprint density at radius 3 is 2.85 bits per heavy atom. The molecule has 0 unspecified atom stereocenters. The molecule has 0 aliphatic heterocycles. The molecule has 0 radical (unpaired) electrons. The highest BCUT2D eigenvalue weighted by atomic mass is 32.1. The van der Waals surface area contributed by atoms with Gasteiger partial charge in [-0.15, -0.1) is 16.4 Å². The molecule has 0 aliphatic carbocycles. The fourth-order valence-corrected chi connectivity index (χ4v) is 3.10. The van der Waals surface area contributed by atoms with Crippen LogP contribution in [-0.2, 0) is 6.54 Å². The smallest absolute Gasteiger partial charge is 0.279 e. The molecule has 3 heterocycles. The van der Waals surface area contributed by atoms with Crippen molar-refractivity contribution in [2.24, 2.45) is 0 Å². The summed E-state index contributed by atoms with van der Waals surface area (Å²) in [7, 11) is 0. The van der Waals surface area contributed by atoms with Crippen molar-refractivity contribution in [3.05, 3.63) is 77.7 Å². The van der Waals surface area contributed by atoms with Gasteiger partial charge in [0.25, 0.3) is 5.91 Å². The first-order valence-corrected chi connectivity index (χ1v) is 8.77. The summed E-state index contributed by atoms with van der Waals surface area (Å²) in [6, 6.07) is 13.6. The molecule has 3 aromatic heterocycles. The summed E-state index contributed by atoms with van der Waals surface area (Å²) in [6.45, 7) is 0.559. The van der Waals surface area contributed by atoms with E-state index in [1.165, 1.54) is 11.3 Å². The molecule has 0 fully saturated rings. The summed E-state index contributed by atoms with van der Waals surface area (Å²) in [5.74, 6) is -0.337. The second-order valence-corrected chi connectivity index (χ2v) is 6.38. The summed E-state index contributed by atoms with van der Waals surface area (Å²) < 4.78 is 1.63. The predicted octanol–water partition coefficient (Wildman–Crippen LogP) is 3.10. The molecule has 0 saturated carbocycles. The predicted molar refractivity (Wildman–Crippen MR) is 98.9 cm³/mol. The molecule has 0 aliphatic rings. The van der Waals surface area contributed by atoms with Crippen LogP contribution in [0.3, 0.4) is 0 Å². The quantitative estimate of drug-likeness (QED) is 0.590. The van der Waals surface area contributed by atoms with Crippen molar-refractivity contribution in [1.29, 1.82) is 0 Å². The number of anilines is 1. The van der Waals surface area contributed by atoms with Crippen molar-refractivity contribution in [3.8, 4) is 11.3 Å². The van der Waals surface area contributed by atoms with E-state index in [-0.39, 0.29) is 11.6 Å². The Morgan fingerprint density at radius 2 is 2.04 bits per heavy atom. The van der Waals surface area contributed by atoms with Crippen LogP contribution in [0.1, 0.15) is 16.1 Å². The molecule has 0 atom stereocenters. The van der Waals surface area contributed by atoms with E-state index in [9.17, 15) is 4.79 Å². The number of nitrogens with zero attached hydrogens (tertiary/aromatic N) is 5. The van der Waals surface area contributed by atoms with Crippen LogP contribution < -0.4 is 5.32 Å². The van der Waals surface area contributed by atoms with Crippen molar-refractivity contribution in [1.82, 2.24) is 25.0 Å². The van der Waals surface area contributed by atoms with E-state index in [0.717, 1.165) is 16.8 Å². The van der Waals surface area contributed by atoms with Gasteiger partial charge in [0.05, 0.1) is 18.4 Å². The number of benzene rings is 1. The fourth-order valence-electron chi connectivity index (χ4n) is 2.39. The van der Waals surface area contributed by atoms with E-state index in [1.54, 1.807) is 23.3 Å². The van der Waals surface area contributed by atoms with Gasteiger partial charge in [0.2, 0.25) is 0 Å². The van der Waals surface area contributed by atoms with Crippen LogP contribution in [0.15, 0.2) is 66.4 Å². The summed E-state index contributed by atoms with van der Waals surface area (Å²) >= 11 is 1.35. The van der Waals surface area contributed by atoms with Gasteiger partial charge in [-0.1, -0.05) is 35.5 Å². The minimum absolute atomic E-state index is 0.249. The highest BCUT2D eigenvalue weighted by Crippen LogP contribution is 2.24. The number of carbonyl (C=O) groups is 1. The van der Waals surface area contributed by atoms with Crippen LogP contribution in [-0.4, -0.2) is 30.9 Å². The Labute approximate surface area is 153 Å². The van der Waals surface area contributed by atoms with Crippen molar-refractivity contribution in [2.75, 3.05) is 5.32 Å². The van der Waals surface area contributed by atoms with Crippen molar-refractivity contribution in [2.45, 2.75) is 6.54 Å². The van der Waals surface area contributed by atoms with Crippen molar-refractivity contribution < 1.29 is 4.79 Å². The zero-order chi connectivity index (χ0) is 17.8. The standard InChI is InChI=1S/C18H14N6OS/c25-17(15-11-24(23-22-15)10-13-5-2-1-3-6-13)21-18-20-16(12-26-18)14-7-4-8-19-9-14/h1-9,11-12H,10H2,(H,20,21,25). The van der Waals surface area contributed by atoms with Gasteiger partial charge in [-0.2, -0.15) is 0 Å². The Balaban J connectivity index is 1.43. The number of amides is 1. The second-order valence-electron chi connectivity index (χ2n) is 5.52. The van der Waals surface area contributed by atoms with Gasteiger partial charge in [0.15, 0.2) is 10.8 Å². The first kappa shape index (κ1) is 16.1. The minimum atomic E-state index is -0.337. The highest BCUT2D eigenvalue weighted by molar-refractivity contribution is 7.14.